The van der Waals surface area contributed by atoms with Gasteiger partial charge in [-0.2, -0.15) is 0 Å². The molecule has 0 saturated carbocycles. The lowest BCUT2D eigenvalue weighted by Gasteiger charge is -2.38. The minimum atomic E-state index is -0.772. The quantitative estimate of drug-likeness (QED) is 0.283. The molecule has 0 aromatic heterocycles. The summed E-state index contributed by atoms with van der Waals surface area (Å²) in [6.45, 7) is 6.03. The monoisotopic (exact) mass is 544 g/mol. The molecular formula is C22H30FIN4O3. The number of halogens is 2. The van der Waals surface area contributed by atoms with E-state index in [4.69, 9.17) is 4.74 Å². The molecule has 1 unspecified atom stereocenters. The lowest BCUT2D eigenvalue weighted by Crippen LogP contribution is -2.52. The fourth-order valence-electron chi connectivity index (χ4n) is 3.28. The minimum Gasteiger partial charge on any atom is -0.506 e. The van der Waals surface area contributed by atoms with Gasteiger partial charge in [0.05, 0.1) is 12.2 Å². The lowest BCUT2D eigenvalue weighted by atomic mass is 10.2. The van der Waals surface area contributed by atoms with Gasteiger partial charge in [-0.1, -0.05) is 12.1 Å². The van der Waals surface area contributed by atoms with Crippen LogP contribution in [0.1, 0.15) is 6.92 Å². The number of aliphatic imine (C=N–C) groups is 1. The Morgan fingerprint density at radius 2 is 1.81 bits per heavy atom. The Balaban J connectivity index is 0.00000341. The molecule has 1 aliphatic rings. The zero-order chi connectivity index (χ0) is 21.3. The third-order valence-corrected chi connectivity index (χ3v) is 4.84. The molecule has 0 amide bonds. The van der Waals surface area contributed by atoms with Crippen molar-refractivity contribution in [3.05, 3.63) is 54.3 Å². The number of aliphatic hydroxyl groups is 1. The van der Waals surface area contributed by atoms with Crippen molar-refractivity contribution < 1.29 is 19.3 Å². The first-order valence-corrected chi connectivity index (χ1v) is 10.2. The maximum atomic E-state index is 12.9. The number of ether oxygens (including phenoxy) is 1. The highest BCUT2D eigenvalue weighted by Crippen LogP contribution is 2.27. The number of benzene rings is 2. The molecule has 1 heterocycles. The first-order valence-electron chi connectivity index (χ1n) is 10.2. The number of aliphatic hydroxyl groups excluding tert-OH is 1. The zero-order valence-electron chi connectivity index (χ0n) is 17.6. The molecule has 3 rings (SSSR count). The molecule has 2 aromatic carbocycles. The maximum absolute atomic E-state index is 12.9. The Morgan fingerprint density at radius 3 is 2.45 bits per heavy atom. The third-order valence-electron chi connectivity index (χ3n) is 4.84. The zero-order valence-corrected chi connectivity index (χ0v) is 19.9. The molecule has 9 heteroatoms. The largest absolute Gasteiger partial charge is 0.506 e. The van der Waals surface area contributed by atoms with Gasteiger partial charge in [0.25, 0.3) is 0 Å². The molecule has 0 radical (unpaired) electrons. The van der Waals surface area contributed by atoms with E-state index >= 15 is 0 Å². The number of hydrogen-bond acceptors (Lipinski definition) is 5. The van der Waals surface area contributed by atoms with Crippen LogP contribution in [0.3, 0.4) is 0 Å². The Kier molecular flexibility index (Phi) is 10.1. The number of anilines is 1. The van der Waals surface area contributed by atoms with Crippen LogP contribution in [0.2, 0.25) is 0 Å². The van der Waals surface area contributed by atoms with E-state index in [0.717, 1.165) is 44.4 Å². The van der Waals surface area contributed by atoms with Crippen LogP contribution in [0.15, 0.2) is 53.5 Å². The second kappa shape index (κ2) is 12.6. The lowest BCUT2D eigenvalue weighted by molar-refractivity contribution is 0.114. The molecule has 1 fully saturated rings. The summed E-state index contributed by atoms with van der Waals surface area (Å²) in [5.41, 5.74) is 0.840. The standard InChI is InChI=1S/C22H29FN4O3.HI/c1-2-24-22(25-15-18(28)16-30-19-9-7-17(23)8-10-19)27-13-11-26(12-14-27)20-5-3-4-6-21(20)29;/h3-10,18,28-29H,2,11-16H2,1H3,(H,24,25);1H. The van der Waals surface area contributed by atoms with Gasteiger partial charge in [0.15, 0.2) is 5.96 Å². The molecule has 7 nitrogen and oxygen atoms in total. The molecule has 0 spiro atoms. The van der Waals surface area contributed by atoms with Crippen molar-refractivity contribution in [2.24, 2.45) is 4.99 Å². The minimum absolute atomic E-state index is 0. The van der Waals surface area contributed by atoms with Crippen molar-refractivity contribution in [1.82, 2.24) is 10.2 Å². The summed E-state index contributed by atoms with van der Waals surface area (Å²) >= 11 is 0. The van der Waals surface area contributed by atoms with Crippen LogP contribution in [0.25, 0.3) is 0 Å². The van der Waals surface area contributed by atoms with E-state index in [9.17, 15) is 14.6 Å². The van der Waals surface area contributed by atoms with Crippen molar-refractivity contribution >= 4 is 35.6 Å². The van der Waals surface area contributed by atoms with Crippen LogP contribution < -0.4 is 15.0 Å². The number of nitrogens with zero attached hydrogens (tertiary/aromatic N) is 3. The topological polar surface area (TPSA) is 80.6 Å². The van der Waals surface area contributed by atoms with Crippen molar-refractivity contribution in [3.8, 4) is 11.5 Å². The van der Waals surface area contributed by atoms with Gasteiger partial charge in [-0.15, -0.1) is 24.0 Å². The summed E-state index contributed by atoms with van der Waals surface area (Å²) in [5.74, 6) is 1.21. The number of hydrogen-bond donors (Lipinski definition) is 3. The molecule has 31 heavy (non-hydrogen) atoms. The molecule has 0 aliphatic carbocycles. The first-order chi connectivity index (χ1) is 14.6. The van der Waals surface area contributed by atoms with Crippen LogP contribution >= 0.6 is 24.0 Å². The van der Waals surface area contributed by atoms with E-state index in [0.29, 0.717) is 5.75 Å². The first kappa shape index (κ1) is 25.0. The highest BCUT2D eigenvalue weighted by Gasteiger charge is 2.21. The number of phenolic OH excluding ortho intramolecular Hbond substituents is 1. The van der Waals surface area contributed by atoms with Crippen molar-refractivity contribution in [2.45, 2.75) is 13.0 Å². The molecule has 0 bridgehead atoms. The van der Waals surface area contributed by atoms with Crippen LogP contribution in [-0.4, -0.2) is 73.1 Å². The van der Waals surface area contributed by atoms with Crippen LogP contribution in [0, 0.1) is 5.82 Å². The fourth-order valence-corrected chi connectivity index (χ4v) is 3.28. The predicted octanol–water partition coefficient (Wildman–Crippen LogP) is 2.68. The number of guanidine groups is 1. The fraction of sp³-hybridized carbons (Fsp3) is 0.409. The van der Waals surface area contributed by atoms with E-state index in [2.05, 4.69) is 20.1 Å². The SMILES string of the molecule is CCNC(=NCC(O)COc1ccc(F)cc1)N1CCN(c2ccccc2O)CC1.I. The van der Waals surface area contributed by atoms with Gasteiger partial charge in [-0.05, 0) is 43.3 Å². The summed E-state index contributed by atoms with van der Waals surface area (Å²) in [7, 11) is 0. The molecule has 1 saturated heterocycles. The van der Waals surface area contributed by atoms with Crippen LogP contribution in [0.5, 0.6) is 11.5 Å². The van der Waals surface area contributed by atoms with Crippen molar-refractivity contribution in [1.29, 1.82) is 0 Å². The third kappa shape index (κ3) is 7.42. The normalized spacial score (nSPS) is 15.3. The number of phenols is 1. The Labute approximate surface area is 199 Å². The van der Waals surface area contributed by atoms with E-state index in [1.165, 1.54) is 24.3 Å². The molecule has 1 aliphatic heterocycles. The average Bonchev–Trinajstić information content (AvgIpc) is 2.77. The van der Waals surface area contributed by atoms with Gasteiger partial charge in [-0.3, -0.25) is 4.99 Å². The average molecular weight is 544 g/mol. The highest BCUT2D eigenvalue weighted by atomic mass is 127. The van der Waals surface area contributed by atoms with Crippen LogP contribution in [0.4, 0.5) is 10.1 Å². The van der Waals surface area contributed by atoms with Gasteiger partial charge in [0, 0.05) is 32.7 Å². The van der Waals surface area contributed by atoms with Crippen molar-refractivity contribution in [3.63, 3.8) is 0 Å². The molecule has 170 valence electrons. The van der Waals surface area contributed by atoms with Gasteiger partial charge < -0.3 is 30.1 Å². The number of aromatic hydroxyl groups is 1. The maximum Gasteiger partial charge on any atom is 0.194 e. The second-order valence-electron chi connectivity index (χ2n) is 7.08. The molecule has 3 N–H and O–H groups in total. The number of rotatable bonds is 7. The van der Waals surface area contributed by atoms with Gasteiger partial charge in [0.1, 0.15) is 30.0 Å². The Hall–Kier alpha value is -2.27. The second-order valence-corrected chi connectivity index (χ2v) is 7.08. The summed E-state index contributed by atoms with van der Waals surface area (Å²) in [6.07, 6.45) is -0.772. The van der Waals surface area contributed by atoms with E-state index in [1.54, 1.807) is 6.07 Å². The van der Waals surface area contributed by atoms with Gasteiger partial charge >= 0.3 is 0 Å². The summed E-state index contributed by atoms with van der Waals surface area (Å²) in [6, 6.07) is 13.0. The van der Waals surface area contributed by atoms with E-state index in [-0.39, 0.29) is 48.7 Å². The van der Waals surface area contributed by atoms with Crippen LogP contribution in [-0.2, 0) is 0 Å². The number of piperazine rings is 1. The molecule has 1 atom stereocenters. The number of nitrogens with one attached hydrogen (secondary N) is 1. The predicted molar refractivity (Wildman–Crippen MR) is 131 cm³/mol. The number of para-hydroxylation sites is 2. The molecule has 2 aromatic rings. The van der Waals surface area contributed by atoms with E-state index in [1.807, 2.05) is 25.1 Å². The summed E-state index contributed by atoms with van der Waals surface area (Å²) in [4.78, 5) is 8.85. The Bertz CT molecular complexity index is 830. The van der Waals surface area contributed by atoms with Gasteiger partial charge in [-0.25, -0.2) is 4.39 Å². The summed E-state index contributed by atoms with van der Waals surface area (Å²) in [5, 5.41) is 23.5. The van der Waals surface area contributed by atoms with E-state index < -0.39 is 6.10 Å². The smallest absolute Gasteiger partial charge is 0.194 e. The van der Waals surface area contributed by atoms with Gasteiger partial charge in [0.2, 0.25) is 0 Å². The highest BCUT2D eigenvalue weighted by molar-refractivity contribution is 14.0. The van der Waals surface area contributed by atoms with Crippen molar-refractivity contribution in [2.75, 3.05) is 50.8 Å². The Morgan fingerprint density at radius 1 is 1.13 bits per heavy atom. The molecular weight excluding hydrogens is 514 g/mol. The summed E-state index contributed by atoms with van der Waals surface area (Å²) < 4.78 is 18.4.